The summed E-state index contributed by atoms with van der Waals surface area (Å²) in [6.45, 7) is 3.46. The van der Waals surface area contributed by atoms with Gasteiger partial charge in [-0.3, -0.25) is 4.90 Å². The van der Waals surface area contributed by atoms with Crippen LogP contribution in [0, 0.1) is 5.92 Å². The molecule has 1 aliphatic rings. The molecule has 1 fully saturated rings. The summed E-state index contributed by atoms with van der Waals surface area (Å²) in [5.41, 5.74) is 2.87. The molecule has 0 saturated heterocycles. The highest BCUT2D eigenvalue weighted by molar-refractivity contribution is 5.82. The molecular weight excluding hydrogens is 290 g/mol. The number of benzene rings is 3. The predicted octanol–water partition coefficient (Wildman–Crippen LogP) is 5.29. The maximum absolute atomic E-state index is 2.65. The lowest BCUT2D eigenvalue weighted by Crippen LogP contribution is -2.28. The van der Waals surface area contributed by atoms with E-state index in [2.05, 4.69) is 77.7 Å². The molecule has 4 rings (SSSR count). The van der Waals surface area contributed by atoms with E-state index in [-0.39, 0.29) is 0 Å². The van der Waals surface area contributed by atoms with Crippen molar-refractivity contribution in [2.75, 3.05) is 13.1 Å². The first kappa shape index (κ1) is 15.4. The van der Waals surface area contributed by atoms with Crippen LogP contribution >= 0.6 is 0 Å². The molecule has 3 aromatic carbocycles. The molecule has 0 aromatic heterocycles. The van der Waals surface area contributed by atoms with Gasteiger partial charge in [-0.25, -0.2) is 0 Å². The largest absolute Gasteiger partial charge is 0.298 e. The molecule has 0 radical (unpaired) electrons. The summed E-state index contributed by atoms with van der Waals surface area (Å²) in [5, 5.41) is 2.68. The summed E-state index contributed by atoms with van der Waals surface area (Å²) >= 11 is 0. The van der Waals surface area contributed by atoms with Gasteiger partial charge in [0, 0.05) is 19.6 Å². The quantitative estimate of drug-likeness (QED) is 0.572. The molecular formula is C23H25N. The average molecular weight is 315 g/mol. The summed E-state index contributed by atoms with van der Waals surface area (Å²) in [7, 11) is 0. The molecule has 0 atom stereocenters. The summed E-state index contributed by atoms with van der Waals surface area (Å²) in [5.74, 6) is 0.932. The van der Waals surface area contributed by atoms with Gasteiger partial charge in [-0.15, -0.1) is 0 Å². The lowest BCUT2D eigenvalue weighted by Gasteiger charge is -2.22. The van der Waals surface area contributed by atoms with Crippen molar-refractivity contribution in [3.8, 4) is 0 Å². The van der Waals surface area contributed by atoms with Gasteiger partial charge in [-0.1, -0.05) is 66.7 Å². The number of nitrogens with zero attached hydrogens (tertiary/aromatic N) is 1. The number of hydrogen-bond acceptors (Lipinski definition) is 1. The van der Waals surface area contributed by atoms with E-state index in [0.29, 0.717) is 0 Å². The number of fused-ring (bicyclic) bond motifs is 1. The van der Waals surface area contributed by atoms with Crippen molar-refractivity contribution < 1.29 is 0 Å². The fraction of sp³-hybridized carbons (Fsp3) is 0.304. The monoisotopic (exact) mass is 315 g/mol. The van der Waals surface area contributed by atoms with E-state index in [1.165, 1.54) is 41.3 Å². The van der Waals surface area contributed by atoms with Gasteiger partial charge in [-0.05, 0) is 53.1 Å². The molecule has 0 aliphatic heterocycles. The van der Waals surface area contributed by atoms with E-state index in [1.807, 2.05) is 0 Å². The maximum atomic E-state index is 2.65. The summed E-state index contributed by atoms with van der Waals surface area (Å²) in [4.78, 5) is 2.65. The third-order valence-electron chi connectivity index (χ3n) is 4.99. The zero-order valence-electron chi connectivity index (χ0n) is 14.2. The van der Waals surface area contributed by atoms with Crippen LogP contribution < -0.4 is 0 Å². The van der Waals surface area contributed by atoms with Gasteiger partial charge in [0.1, 0.15) is 0 Å². The fourth-order valence-electron chi connectivity index (χ4n) is 3.43. The first-order chi connectivity index (χ1) is 11.9. The number of rotatable bonds is 7. The van der Waals surface area contributed by atoms with Crippen LogP contribution in [-0.4, -0.2) is 18.0 Å². The Bertz CT molecular complexity index is 789. The lowest BCUT2D eigenvalue weighted by atomic mass is 10.1. The van der Waals surface area contributed by atoms with Crippen molar-refractivity contribution in [3.05, 3.63) is 83.9 Å². The Kier molecular flexibility index (Phi) is 4.62. The molecule has 3 aromatic rings. The molecule has 1 nitrogen and oxygen atoms in total. The highest BCUT2D eigenvalue weighted by Gasteiger charge is 2.24. The van der Waals surface area contributed by atoms with Crippen LogP contribution in [0.25, 0.3) is 10.8 Å². The first-order valence-electron chi connectivity index (χ1n) is 9.11. The Labute approximate surface area is 144 Å². The van der Waals surface area contributed by atoms with E-state index < -0.39 is 0 Å². The second kappa shape index (κ2) is 7.19. The number of hydrogen-bond donors (Lipinski definition) is 0. The second-order valence-corrected chi connectivity index (χ2v) is 7.10. The molecule has 0 heterocycles. The SMILES string of the molecule is c1ccc(CCN(Cc2ccc3ccccc3c2)CC2CC2)cc1. The molecule has 1 heteroatoms. The smallest absolute Gasteiger partial charge is 0.0234 e. The lowest BCUT2D eigenvalue weighted by molar-refractivity contribution is 0.258. The average Bonchev–Trinajstić information content (AvgIpc) is 3.44. The summed E-state index contributed by atoms with van der Waals surface area (Å²) in [6.07, 6.45) is 3.97. The molecule has 0 unspecified atom stereocenters. The van der Waals surface area contributed by atoms with Crippen LogP contribution in [0.3, 0.4) is 0 Å². The van der Waals surface area contributed by atoms with Crippen LogP contribution in [0.2, 0.25) is 0 Å². The zero-order chi connectivity index (χ0) is 16.2. The molecule has 24 heavy (non-hydrogen) atoms. The van der Waals surface area contributed by atoms with Crippen LogP contribution in [0.1, 0.15) is 24.0 Å². The van der Waals surface area contributed by atoms with Crippen LogP contribution in [0.15, 0.2) is 72.8 Å². The van der Waals surface area contributed by atoms with E-state index in [9.17, 15) is 0 Å². The van der Waals surface area contributed by atoms with Crippen molar-refractivity contribution in [2.45, 2.75) is 25.8 Å². The van der Waals surface area contributed by atoms with Crippen LogP contribution in [0.4, 0.5) is 0 Å². The molecule has 0 N–H and O–H groups in total. The molecule has 0 amide bonds. The summed E-state index contributed by atoms with van der Waals surface area (Å²) in [6, 6.07) is 26.4. The minimum absolute atomic E-state index is 0.932. The van der Waals surface area contributed by atoms with Gasteiger partial charge in [0.2, 0.25) is 0 Å². The Balaban J connectivity index is 1.45. The fourth-order valence-corrected chi connectivity index (χ4v) is 3.43. The Morgan fingerprint density at radius 2 is 1.50 bits per heavy atom. The third kappa shape index (κ3) is 4.04. The van der Waals surface area contributed by atoms with Crippen LogP contribution in [-0.2, 0) is 13.0 Å². The molecule has 1 saturated carbocycles. The standard InChI is InChI=1S/C23H25N/c1-2-6-19(7-3-1)14-15-24(17-20-10-11-20)18-21-12-13-22-8-4-5-9-23(22)16-21/h1-9,12-13,16,20H,10-11,14-15,17-18H2. The highest BCUT2D eigenvalue weighted by atomic mass is 15.1. The topological polar surface area (TPSA) is 3.24 Å². The highest BCUT2D eigenvalue weighted by Crippen LogP contribution is 2.30. The third-order valence-corrected chi connectivity index (χ3v) is 4.99. The molecule has 0 spiro atoms. The van der Waals surface area contributed by atoms with Gasteiger partial charge in [0.15, 0.2) is 0 Å². The van der Waals surface area contributed by atoms with Gasteiger partial charge in [-0.2, -0.15) is 0 Å². The van der Waals surface area contributed by atoms with Crippen molar-refractivity contribution in [1.29, 1.82) is 0 Å². The normalized spacial score (nSPS) is 14.4. The van der Waals surface area contributed by atoms with Gasteiger partial charge >= 0.3 is 0 Å². The minimum Gasteiger partial charge on any atom is -0.298 e. The molecule has 0 bridgehead atoms. The molecule has 1 aliphatic carbocycles. The first-order valence-corrected chi connectivity index (χ1v) is 9.11. The van der Waals surface area contributed by atoms with Crippen molar-refractivity contribution in [2.24, 2.45) is 5.92 Å². The molecule has 122 valence electrons. The van der Waals surface area contributed by atoms with E-state index in [0.717, 1.165) is 25.4 Å². The van der Waals surface area contributed by atoms with Crippen molar-refractivity contribution >= 4 is 10.8 Å². The predicted molar refractivity (Wildman–Crippen MR) is 102 cm³/mol. The Hall–Kier alpha value is -2.12. The Morgan fingerprint density at radius 3 is 2.29 bits per heavy atom. The van der Waals surface area contributed by atoms with Crippen molar-refractivity contribution in [1.82, 2.24) is 4.90 Å². The maximum Gasteiger partial charge on any atom is 0.0234 e. The van der Waals surface area contributed by atoms with Crippen molar-refractivity contribution in [3.63, 3.8) is 0 Å². The van der Waals surface area contributed by atoms with E-state index in [1.54, 1.807) is 0 Å². The summed E-state index contributed by atoms with van der Waals surface area (Å²) < 4.78 is 0. The van der Waals surface area contributed by atoms with Crippen LogP contribution in [0.5, 0.6) is 0 Å². The zero-order valence-corrected chi connectivity index (χ0v) is 14.2. The Morgan fingerprint density at radius 1 is 0.750 bits per heavy atom. The minimum atomic E-state index is 0.932. The van der Waals surface area contributed by atoms with Gasteiger partial charge < -0.3 is 0 Å². The second-order valence-electron chi connectivity index (χ2n) is 7.10. The van der Waals surface area contributed by atoms with Gasteiger partial charge in [0.05, 0.1) is 0 Å². The van der Waals surface area contributed by atoms with Gasteiger partial charge in [0.25, 0.3) is 0 Å². The van der Waals surface area contributed by atoms with E-state index in [4.69, 9.17) is 0 Å². The van der Waals surface area contributed by atoms with E-state index >= 15 is 0 Å².